The predicted molar refractivity (Wildman–Crippen MR) is 114 cm³/mol. The first-order chi connectivity index (χ1) is 16.1. The van der Waals surface area contributed by atoms with Crippen LogP contribution in [0.2, 0.25) is 0 Å². The number of aliphatic hydroxyl groups excluding tert-OH is 1. The summed E-state index contributed by atoms with van der Waals surface area (Å²) >= 11 is 0. The van der Waals surface area contributed by atoms with Crippen molar-refractivity contribution in [2.75, 3.05) is 13.7 Å². The van der Waals surface area contributed by atoms with Gasteiger partial charge in [-0.25, -0.2) is 9.59 Å². The van der Waals surface area contributed by atoms with Gasteiger partial charge in [0.2, 0.25) is 5.91 Å². The topological polar surface area (TPSA) is 114 Å². The number of carbonyl (C=O) groups excluding carboxylic acids is 3. The average Bonchev–Trinajstić information content (AvgIpc) is 2.80. The van der Waals surface area contributed by atoms with Crippen molar-refractivity contribution in [1.82, 2.24) is 10.6 Å². The third-order valence-electron chi connectivity index (χ3n) is 4.68. The molecule has 0 heterocycles. The highest BCUT2D eigenvalue weighted by atomic mass is 19.4. The van der Waals surface area contributed by atoms with Gasteiger partial charge in [0.05, 0.1) is 25.2 Å². The van der Waals surface area contributed by atoms with Crippen molar-refractivity contribution >= 4 is 18.0 Å². The molecule has 0 bridgehead atoms. The zero-order chi connectivity index (χ0) is 25.1. The predicted octanol–water partition coefficient (Wildman–Crippen LogP) is 2.58. The van der Waals surface area contributed by atoms with E-state index in [1.54, 1.807) is 24.3 Å². The van der Waals surface area contributed by atoms with Crippen LogP contribution in [0.5, 0.6) is 0 Å². The number of alkyl halides is 3. The summed E-state index contributed by atoms with van der Waals surface area (Å²) in [6.07, 6.45) is -7.76. The lowest BCUT2D eigenvalue weighted by molar-refractivity contribution is -0.146. The van der Waals surface area contributed by atoms with Crippen LogP contribution in [0.25, 0.3) is 0 Å². The molecule has 2 aromatic carbocycles. The molecule has 2 aromatic rings. The Morgan fingerprint density at radius 1 is 1.03 bits per heavy atom. The quantitative estimate of drug-likeness (QED) is 0.449. The summed E-state index contributed by atoms with van der Waals surface area (Å²) in [6, 6.07) is 12.2. The molecule has 2 atom stereocenters. The number of rotatable bonds is 10. The van der Waals surface area contributed by atoms with E-state index in [1.165, 1.54) is 18.2 Å². The fraction of sp³-hybridized carbons (Fsp3) is 0.348. The highest BCUT2D eigenvalue weighted by molar-refractivity contribution is 5.85. The molecule has 0 fully saturated rings. The van der Waals surface area contributed by atoms with Crippen LogP contribution in [-0.4, -0.2) is 48.9 Å². The largest absolute Gasteiger partial charge is 0.467 e. The minimum absolute atomic E-state index is 0.0173. The van der Waals surface area contributed by atoms with Gasteiger partial charge in [0.1, 0.15) is 12.6 Å². The van der Waals surface area contributed by atoms with Gasteiger partial charge in [-0.05, 0) is 17.2 Å². The molecule has 0 aliphatic heterocycles. The van der Waals surface area contributed by atoms with E-state index in [9.17, 15) is 32.7 Å². The SMILES string of the molecule is COC(=O)[C@@H](Cc1ccccc1C(F)(F)F)NC(=O)C[C@@H](O)CNC(=O)OCc1ccccc1. The Morgan fingerprint density at radius 3 is 2.32 bits per heavy atom. The Balaban J connectivity index is 1.87. The van der Waals surface area contributed by atoms with E-state index < -0.39 is 54.7 Å². The number of aliphatic hydroxyl groups is 1. The number of esters is 1. The first kappa shape index (κ1) is 26.7. The maximum atomic E-state index is 13.2. The maximum absolute atomic E-state index is 13.2. The van der Waals surface area contributed by atoms with Crippen LogP contribution in [0.4, 0.5) is 18.0 Å². The first-order valence-electron chi connectivity index (χ1n) is 10.2. The van der Waals surface area contributed by atoms with Crippen molar-refractivity contribution in [1.29, 1.82) is 0 Å². The van der Waals surface area contributed by atoms with Gasteiger partial charge in [0.15, 0.2) is 0 Å². The van der Waals surface area contributed by atoms with Crippen LogP contribution in [0, 0.1) is 0 Å². The molecular formula is C23H25F3N2O6. The highest BCUT2D eigenvalue weighted by Crippen LogP contribution is 2.32. The molecular weight excluding hydrogens is 457 g/mol. The molecule has 34 heavy (non-hydrogen) atoms. The van der Waals surface area contributed by atoms with Gasteiger partial charge in [-0.1, -0.05) is 48.5 Å². The molecule has 0 saturated carbocycles. The van der Waals surface area contributed by atoms with Crippen LogP contribution in [0.3, 0.4) is 0 Å². The Bertz CT molecular complexity index is 969. The Morgan fingerprint density at radius 2 is 1.68 bits per heavy atom. The molecule has 0 spiro atoms. The van der Waals surface area contributed by atoms with E-state index >= 15 is 0 Å². The summed E-state index contributed by atoms with van der Waals surface area (Å²) < 4.78 is 49.3. The molecule has 0 aromatic heterocycles. The van der Waals surface area contributed by atoms with Crippen molar-refractivity contribution in [3.8, 4) is 0 Å². The number of amides is 2. The van der Waals surface area contributed by atoms with Crippen molar-refractivity contribution in [2.24, 2.45) is 0 Å². The fourth-order valence-corrected chi connectivity index (χ4v) is 3.05. The van der Waals surface area contributed by atoms with Crippen molar-refractivity contribution < 1.29 is 42.1 Å². The summed E-state index contributed by atoms with van der Waals surface area (Å²) in [5.41, 5.74) is -0.371. The van der Waals surface area contributed by atoms with E-state index in [4.69, 9.17) is 4.74 Å². The molecule has 0 unspecified atom stereocenters. The van der Waals surface area contributed by atoms with Gasteiger partial charge in [-0.3, -0.25) is 4.79 Å². The van der Waals surface area contributed by atoms with Crippen molar-refractivity contribution in [3.63, 3.8) is 0 Å². The summed E-state index contributed by atoms with van der Waals surface area (Å²) in [6.45, 7) is -0.301. The molecule has 0 saturated heterocycles. The van der Waals surface area contributed by atoms with Gasteiger partial charge in [0, 0.05) is 13.0 Å². The average molecular weight is 482 g/mol. The smallest absolute Gasteiger partial charge is 0.416 e. The molecule has 2 rings (SSSR count). The van der Waals surface area contributed by atoms with Crippen LogP contribution < -0.4 is 10.6 Å². The van der Waals surface area contributed by atoms with Crippen LogP contribution >= 0.6 is 0 Å². The van der Waals surface area contributed by atoms with Gasteiger partial charge in [-0.15, -0.1) is 0 Å². The lowest BCUT2D eigenvalue weighted by Crippen LogP contribution is -2.45. The molecule has 11 heteroatoms. The fourth-order valence-electron chi connectivity index (χ4n) is 3.05. The second-order valence-electron chi connectivity index (χ2n) is 7.30. The van der Waals surface area contributed by atoms with Gasteiger partial charge in [-0.2, -0.15) is 13.2 Å². The number of alkyl carbamates (subject to hydrolysis) is 1. The molecule has 2 amide bonds. The number of benzene rings is 2. The Hall–Kier alpha value is -3.60. The number of nitrogens with one attached hydrogen (secondary N) is 2. The number of ether oxygens (including phenoxy) is 2. The minimum atomic E-state index is -4.64. The summed E-state index contributed by atoms with van der Waals surface area (Å²) in [7, 11) is 1.04. The van der Waals surface area contributed by atoms with E-state index in [0.717, 1.165) is 18.7 Å². The Labute approximate surface area is 194 Å². The third kappa shape index (κ3) is 8.74. The molecule has 0 aliphatic rings. The van der Waals surface area contributed by atoms with E-state index in [2.05, 4.69) is 15.4 Å². The second kappa shape index (κ2) is 12.6. The molecule has 8 nitrogen and oxygen atoms in total. The van der Waals surface area contributed by atoms with Gasteiger partial charge < -0.3 is 25.2 Å². The lowest BCUT2D eigenvalue weighted by Gasteiger charge is -2.20. The summed E-state index contributed by atoms with van der Waals surface area (Å²) in [4.78, 5) is 36.0. The number of methoxy groups -OCH3 is 1. The number of halogens is 3. The van der Waals surface area contributed by atoms with Crippen LogP contribution in [-0.2, 0) is 38.3 Å². The maximum Gasteiger partial charge on any atom is 0.416 e. The highest BCUT2D eigenvalue weighted by Gasteiger charge is 2.34. The Kier molecular flexibility index (Phi) is 9.87. The zero-order valence-electron chi connectivity index (χ0n) is 18.3. The third-order valence-corrected chi connectivity index (χ3v) is 4.68. The monoisotopic (exact) mass is 482 g/mol. The summed E-state index contributed by atoms with van der Waals surface area (Å²) in [5, 5.41) is 14.6. The van der Waals surface area contributed by atoms with Crippen LogP contribution in [0.15, 0.2) is 54.6 Å². The van der Waals surface area contributed by atoms with E-state index in [-0.39, 0.29) is 18.7 Å². The standard InChI is InChI=1S/C23H25F3N2O6/c1-33-21(31)19(11-16-9-5-6-10-18(16)23(24,25)26)28-20(30)12-17(29)13-27-22(32)34-14-15-7-3-2-4-8-15/h2-10,17,19,29H,11-14H2,1H3,(H,27,32)(H,28,30)/t17-,19-/m1/s1. The number of hydrogen-bond acceptors (Lipinski definition) is 6. The van der Waals surface area contributed by atoms with E-state index in [0.29, 0.717) is 0 Å². The molecule has 184 valence electrons. The van der Waals surface area contributed by atoms with Gasteiger partial charge >= 0.3 is 18.2 Å². The molecule has 3 N–H and O–H groups in total. The zero-order valence-corrected chi connectivity index (χ0v) is 18.3. The summed E-state index contributed by atoms with van der Waals surface area (Å²) in [5.74, 6) is -1.76. The van der Waals surface area contributed by atoms with Crippen molar-refractivity contribution in [2.45, 2.75) is 37.8 Å². The second-order valence-corrected chi connectivity index (χ2v) is 7.30. The van der Waals surface area contributed by atoms with Crippen molar-refractivity contribution in [3.05, 3.63) is 71.3 Å². The number of carbonyl (C=O) groups is 3. The van der Waals surface area contributed by atoms with Gasteiger partial charge in [0.25, 0.3) is 0 Å². The number of hydrogen-bond donors (Lipinski definition) is 3. The first-order valence-corrected chi connectivity index (χ1v) is 10.2. The molecule has 0 radical (unpaired) electrons. The van der Waals surface area contributed by atoms with Crippen LogP contribution in [0.1, 0.15) is 23.1 Å². The van der Waals surface area contributed by atoms with E-state index in [1.807, 2.05) is 6.07 Å². The minimum Gasteiger partial charge on any atom is -0.467 e. The molecule has 0 aliphatic carbocycles. The lowest BCUT2D eigenvalue weighted by atomic mass is 9.99. The normalized spacial score (nSPS) is 12.9.